The van der Waals surface area contributed by atoms with E-state index in [2.05, 4.69) is 20.8 Å². The molecule has 0 aromatic heterocycles. The number of hydrogen-bond donors (Lipinski definition) is 2. The number of carboxylic acid groups (broad SMARTS) is 1. The summed E-state index contributed by atoms with van der Waals surface area (Å²) in [7, 11) is 1.63. The molecule has 4 saturated carbocycles. The summed E-state index contributed by atoms with van der Waals surface area (Å²) in [6, 6.07) is 0. The van der Waals surface area contributed by atoms with Gasteiger partial charge in [0.25, 0.3) is 0 Å². The second-order valence-corrected chi connectivity index (χ2v) is 13.1. The normalized spacial score (nSPS) is 53.9. The first-order valence-electron chi connectivity index (χ1n) is 13.3. The molecule has 194 valence electrons. The van der Waals surface area contributed by atoms with Gasteiger partial charge in [-0.25, -0.2) is 0 Å². The van der Waals surface area contributed by atoms with Crippen LogP contribution < -0.4 is 0 Å². The fraction of sp³-hybridized carbons (Fsp3) is 0.963. The molecule has 2 unspecified atom stereocenters. The Balaban J connectivity index is 1.64. The van der Waals surface area contributed by atoms with Crippen LogP contribution in [0.15, 0.2) is 0 Å². The Morgan fingerprint density at radius 3 is 2.53 bits per heavy atom. The minimum Gasteiger partial charge on any atom is -0.481 e. The second-order valence-electron chi connectivity index (χ2n) is 13.1. The topological polar surface area (TPSA) is 94.5 Å². The highest BCUT2D eigenvalue weighted by Gasteiger charge is 2.77. The van der Waals surface area contributed by atoms with E-state index in [1.54, 1.807) is 7.11 Å². The zero-order chi connectivity index (χ0) is 24.7. The number of ether oxygens (including phenoxy) is 4. The summed E-state index contributed by atoms with van der Waals surface area (Å²) < 4.78 is 25.0. The summed E-state index contributed by atoms with van der Waals surface area (Å²) in [6.07, 6.45) is 5.13. The summed E-state index contributed by atoms with van der Waals surface area (Å²) in [4.78, 5) is 12.4. The van der Waals surface area contributed by atoms with Crippen molar-refractivity contribution < 1.29 is 34.0 Å². The van der Waals surface area contributed by atoms with E-state index in [1.807, 2.05) is 13.8 Å². The van der Waals surface area contributed by atoms with Crippen LogP contribution in [0.1, 0.15) is 79.6 Å². The number of hydrogen-bond acceptors (Lipinski definition) is 6. The molecule has 0 amide bonds. The summed E-state index contributed by atoms with van der Waals surface area (Å²) >= 11 is 0. The molecule has 5 aliphatic rings. The molecule has 7 nitrogen and oxygen atoms in total. The molecule has 1 spiro atoms. The van der Waals surface area contributed by atoms with E-state index < -0.39 is 39.7 Å². The van der Waals surface area contributed by atoms with Crippen molar-refractivity contribution >= 4 is 5.97 Å². The van der Waals surface area contributed by atoms with Crippen LogP contribution >= 0.6 is 0 Å². The van der Waals surface area contributed by atoms with Crippen molar-refractivity contribution in [3.63, 3.8) is 0 Å². The number of fused-ring (bicyclic) bond motifs is 3. The number of rotatable bonds is 4. The van der Waals surface area contributed by atoms with Crippen LogP contribution in [0.4, 0.5) is 0 Å². The molecular weight excluding hydrogens is 436 g/mol. The number of aliphatic hydroxyl groups is 1. The number of methoxy groups -OCH3 is 1. The van der Waals surface area contributed by atoms with Gasteiger partial charge in [-0.2, -0.15) is 0 Å². The highest BCUT2D eigenvalue weighted by molar-refractivity contribution is 5.72. The second kappa shape index (κ2) is 7.88. The van der Waals surface area contributed by atoms with Gasteiger partial charge < -0.3 is 29.2 Å². The van der Waals surface area contributed by atoms with Gasteiger partial charge >= 0.3 is 5.97 Å². The van der Waals surface area contributed by atoms with Crippen molar-refractivity contribution in [1.29, 1.82) is 0 Å². The van der Waals surface area contributed by atoms with E-state index >= 15 is 0 Å². The standard InChI is InChI=1S/C27H44O7/c1-16-11-20-26(14-32-23(3,4)34-20)21-17(2)13-24(5)19(22(28)29)8-10-27(24,33-15-31-6)18(21)7-9-25(26,30)12-16/h16-21,30H,7-15H2,1-6H3,(H,28,29)/t16-,17+,18?,19+,20+,21?,24+,25-,26+,27-/m0/s1. The van der Waals surface area contributed by atoms with Gasteiger partial charge in [0.05, 0.1) is 35.2 Å². The smallest absolute Gasteiger partial charge is 0.307 e. The van der Waals surface area contributed by atoms with Crippen LogP contribution in [0, 0.1) is 40.4 Å². The highest BCUT2D eigenvalue weighted by atomic mass is 16.7. The van der Waals surface area contributed by atoms with Crippen LogP contribution in [0.5, 0.6) is 0 Å². The fourth-order valence-corrected chi connectivity index (χ4v) is 9.97. The Morgan fingerprint density at radius 2 is 1.85 bits per heavy atom. The maximum Gasteiger partial charge on any atom is 0.307 e. The van der Waals surface area contributed by atoms with Crippen molar-refractivity contribution in [2.45, 2.75) is 103 Å². The molecule has 1 saturated heterocycles. The first-order chi connectivity index (χ1) is 15.9. The average Bonchev–Trinajstić information content (AvgIpc) is 3.02. The van der Waals surface area contributed by atoms with E-state index in [0.717, 1.165) is 25.7 Å². The van der Waals surface area contributed by atoms with E-state index in [9.17, 15) is 15.0 Å². The fourth-order valence-electron chi connectivity index (χ4n) is 9.97. The Kier molecular flexibility index (Phi) is 5.78. The van der Waals surface area contributed by atoms with Crippen LogP contribution in [-0.2, 0) is 23.7 Å². The summed E-state index contributed by atoms with van der Waals surface area (Å²) in [6.45, 7) is 11.2. The molecular formula is C27H44O7. The third-order valence-corrected chi connectivity index (χ3v) is 11.0. The third-order valence-electron chi connectivity index (χ3n) is 11.0. The minimum absolute atomic E-state index is 0.0965. The number of carboxylic acids is 1. The molecule has 10 atom stereocenters. The Morgan fingerprint density at radius 1 is 1.12 bits per heavy atom. The van der Waals surface area contributed by atoms with Crippen molar-refractivity contribution in [3.05, 3.63) is 0 Å². The van der Waals surface area contributed by atoms with E-state index in [-0.39, 0.29) is 30.7 Å². The van der Waals surface area contributed by atoms with Crippen LogP contribution in [0.3, 0.4) is 0 Å². The quantitative estimate of drug-likeness (QED) is 0.582. The molecule has 1 aliphatic heterocycles. The Labute approximate surface area is 203 Å². The molecule has 0 radical (unpaired) electrons. The molecule has 1 heterocycles. The molecule has 5 fully saturated rings. The van der Waals surface area contributed by atoms with Gasteiger partial charge in [-0.1, -0.05) is 20.8 Å². The largest absolute Gasteiger partial charge is 0.481 e. The zero-order valence-corrected chi connectivity index (χ0v) is 21.8. The van der Waals surface area contributed by atoms with Crippen LogP contribution in [0.2, 0.25) is 0 Å². The van der Waals surface area contributed by atoms with Crippen molar-refractivity contribution in [2.24, 2.45) is 40.4 Å². The zero-order valence-electron chi connectivity index (χ0n) is 21.8. The van der Waals surface area contributed by atoms with E-state index in [1.165, 1.54) is 0 Å². The molecule has 7 heteroatoms. The third kappa shape index (κ3) is 3.09. The number of aliphatic carboxylic acids is 1. The number of carbonyl (C=O) groups is 1. The molecule has 2 N–H and O–H groups in total. The lowest BCUT2D eigenvalue weighted by atomic mass is 9.38. The van der Waals surface area contributed by atoms with Crippen molar-refractivity contribution in [1.82, 2.24) is 0 Å². The summed E-state index contributed by atoms with van der Waals surface area (Å²) in [5, 5.41) is 22.5. The van der Waals surface area contributed by atoms with Crippen LogP contribution in [0.25, 0.3) is 0 Å². The molecule has 5 rings (SSSR count). The van der Waals surface area contributed by atoms with Gasteiger partial charge in [0.2, 0.25) is 0 Å². The maximum absolute atomic E-state index is 12.4. The molecule has 0 bridgehead atoms. The Hall–Kier alpha value is -0.730. The van der Waals surface area contributed by atoms with E-state index in [0.29, 0.717) is 31.8 Å². The van der Waals surface area contributed by atoms with Gasteiger partial charge in [0, 0.05) is 12.5 Å². The highest BCUT2D eigenvalue weighted by Crippen LogP contribution is 2.73. The van der Waals surface area contributed by atoms with Gasteiger partial charge in [-0.05, 0) is 82.5 Å². The van der Waals surface area contributed by atoms with Crippen molar-refractivity contribution in [3.8, 4) is 0 Å². The molecule has 0 aromatic rings. The lowest BCUT2D eigenvalue weighted by Gasteiger charge is -2.72. The minimum atomic E-state index is -0.859. The first-order valence-corrected chi connectivity index (χ1v) is 13.3. The molecule has 0 aromatic carbocycles. The van der Waals surface area contributed by atoms with E-state index in [4.69, 9.17) is 18.9 Å². The summed E-state index contributed by atoms with van der Waals surface area (Å²) in [5.74, 6) is -1.02. The van der Waals surface area contributed by atoms with Crippen molar-refractivity contribution in [2.75, 3.05) is 20.5 Å². The monoisotopic (exact) mass is 480 g/mol. The average molecular weight is 481 g/mol. The van der Waals surface area contributed by atoms with Gasteiger partial charge in [0.15, 0.2) is 5.79 Å². The van der Waals surface area contributed by atoms with Crippen LogP contribution in [-0.4, -0.2) is 59.8 Å². The molecule has 4 aliphatic carbocycles. The van der Waals surface area contributed by atoms with Gasteiger partial charge in [-0.15, -0.1) is 0 Å². The predicted molar refractivity (Wildman–Crippen MR) is 125 cm³/mol. The van der Waals surface area contributed by atoms with Gasteiger partial charge in [0.1, 0.15) is 6.79 Å². The SMILES string of the molecule is COCO[C@]12CC[C@H](C(=O)O)[C@@]1(C)C[C@@H](C)C1C2CC[C@]2(O)C[C@@H](C)C[C@H]3OC(C)(C)OC[C@]132. The summed E-state index contributed by atoms with van der Waals surface area (Å²) in [5.41, 5.74) is -2.47. The van der Waals surface area contributed by atoms with Gasteiger partial charge in [-0.3, -0.25) is 4.79 Å². The Bertz CT molecular complexity index is 830. The first kappa shape index (κ1) is 24.9. The predicted octanol–water partition coefficient (Wildman–Crippen LogP) is 4.21. The maximum atomic E-state index is 12.4. The lowest BCUT2D eigenvalue weighted by molar-refractivity contribution is -0.399. The lowest BCUT2D eigenvalue weighted by Crippen LogP contribution is -2.77. The molecule has 34 heavy (non-hydrogen) atoms.